The Labute approximate surface area is 44.5 Å². The summed E-state index contributed by atoms with van der Waals surface area (Å²) >= 11 is 0.329. The van der Waals surface area contributed by atoms with Crippen LogP contribution in [0, 0.1) is 0 Å². The summed E-state index contributed by atoms with van der Waals surface area (Å²) in [5.41, 5.74) is 0. The van der Waals surface area contributed by atoms with Gasteiger partial charge in [0.1, 0.15) is 0 Å². The van der Waals surface area contributed by atoms with Gasteiger partial charge in [-0.05, 0) is 0 Å². The Balaban J connectivity index is 2.08. The van der Waals surface area contributed by atoms with Crippen LogP contribution in [0.15, 0.2) is 0 Å². The second-order valence-corrected chi connectivity index (χ2v) is 5.14. The Morgan fingerprint density at radius 1 is 1.00 bits per heavy atom. The molecule has 1 aliphatic rings. The standard InChI is InChI=1S/C4H8.Zr/c1-3-4-2;/h1-4H2;. The van der Waals surface area contributed by atoms with Crippen LogP contribution in [0.2, 0.25) is 8.26 Å². The fraction of sp³-hybridized carbons (Fsp3) is 1.00. The van der Waals surface area contributed by atoms with Crippen LogP contribution in [0.5, 0.6) is 0 Å². The van der Waals surface area contributed by atoms with Crippen molar-refractivity contribution >= 4 is 0 Å². The van der Waals surface area contributed by atoms with Gasteiger partial charge in [-0.15, -0.1) is 0 Å². The Morgan fingerprint density at radius 3 is 1.80 bits per heavy atom. The van der Waals surface area contributed by atoms with E-state index in [1.54, 1.807) is 21.1 Å². The van der Waals surface area contributed by atoms with E-state index in [-0.39, 0.29) is 0 Å². The van der Waals surface area contributed by atoms with E-state index >= 15 is 0 Å². The third-order valence-corrected chi connectivity index (χ3v) is 4.43. The summed E-state index contributed by atoms with van der Waals surface area (Å²) in [6.07, 6.45) is 3.15. The number of rotatable bonds is 0. The van der Waals surface area contributed by atoms with Gasteiger partial charge in [-0.3, -0.25) is 0 Å². The molecule has 0 bridgehead atoms. The zero-order valence-electron chi connectivity index (χ0n) is 3.33. The molecule has 1 rings (SSSR count). The average Bonchev–Trinajstić information content (AvgIpc) is 1.76. The van der Waals surface area contributed by atoms with Crippen LogP contribution >= 0.6 is 0 Å². The molecule has 1 aliphatic heterocycles. The first-order valence-electron chi connectivity index (χ1n) is 2.21. The predicted octanol–water partition coefficient (Wildman–Crippen LogP) is 1.70. The Morgan fingerprint density at radius 2 is 1.60 bits per heavy atom. The second kappa shape index (κ2) is 2.13. The topological polar surface area (TPSA) is 0 Å². The molecular weight excluding hydrogens is 139 g/mol. The average molecular weight is 147 g/mol. The zero-order valence-corrected chi connectivity index (χ0v) is 5.79. The van der Waals surface area contributed by atoms with Crippen molar-refractivity contribution in [2.24, 2.45) is 0 Å². The summed E-state index contributed by atoms with van der Waals surface area (Å²) in [4.78, 5) is 0. The van der Waals surface area contributed by atoms with E-state index in [0.717, 1.165) is 0 Å². The summed E-state index contributed by atoms with van der Waals surface area (Å²) < 4.78 is 3.34. The van der Waals surface area contributed by atoms with Crippen LogP contribution in [-0.4, -0.2) is 0 Å². The van der Waals surface area contributed by atoms with E-state index in [9.17, 15) is 0 Å². The van der Waals surface area contributed by atoms with Crippen molar-refractivity contribution < 1.29 is 23.2 Å². The zero-order chi connectivity index (χ0) is 3.54. The van der Waals surface area contributed by atoms with Gasteiger partial charge in [0.15, 0.2) is 0 Å². The maximum atomic E-state index is 1.67. The van der Waals surface area contributed by atoms with Gasteiger partial charge in [0.25, 0.3) is 0 Å². The molecule has 0 unspecified atom stereocenters. The second-order valence-electron chi connectivity index (χ2n) is 1.46. The fourth-order valence-corrected chi connectivity index (χ4v) is 3.70. The first-order chi connectivity index (χ1) is 2.50. The van der Waals surface area contributed by atoms with E-state index in [2.05, 4.69) is 0 Å². The first-order valence-corrected chi connectivity index (χ1v) is 5.68. The molecule has 0 aromatic heterocycles. The van der Waals surface area contributed by atoms with Crippen molar-refractivity contribution in [3.8, 4) is 0 Å². The van der Waals surface area contributed by atoms with Crippen LogP contribution in [0.1, 0.15) is 12.8 Å². The number of hydrogen-bond acceptors (Lipinski definition) is 0. The van der Waals surface area contributed by atoms with E-state index in [0.29, 0.717) is 23.2 Å². The minimum atomic E-state index is 0.329. The van der Waals surface area contributed by atoms with Crippen molar-refractivity contribution in [2.75, 3.05) is 0 Å². The Bertz CT molecular complexity index is 15.2. The monoisotopic (exact) mass is 146 g/mol. The molecule has 0 aromatic rings. The fourth-order valence-electron chi connectivity index (χ4n) is 0.625. The van der Waals surface area contributed by atoms with Crippen molar-refractivity contribution in [2.45, 2.75) is 21.1 Å². The molecule has 0 N–H and O–H groups in total. The van der Waals surface area contributed by atoms with E-state index in [1.165, 1.54) is 0 Å². The molecule has 0 spiro atoms. The molecule has 5 heavy (non-hydrogen) atoms. The van der Waals surface area contributed by atoms with Gasteiger partial charge in [-0.25, -0.2) is 0 Å². The summed E-state index contributed by atoms with van der Waals surface area (Å²) in [6, 6.07) is 0. The summed E-state index contributed by atoms with van der Waals surface area (Å²) in [5, 5.41) is 0. The van der Waals surface area contributed by atoms with Crippen molar-refractivity contribution in [1.82, 2.24) is 0 Å². The van der Waals surface area contributed by atoms with Gasteiger partial charge < -0.3 is 0 Å². The molecule has 0 aliphatic carbocycles. The molecule has 0 radical (unpaired) electrons. The summed E-state index contributed by atoms with van der Waals surface area (Å²) in [7, 11) is 0. The molecule has 0 aromatic carbocycles. The van der Waals surface area contributed by atoms with Gasteiger partial charge in [-0.1, -0.05) is 0 Å². The summed E-state index contributed by atoms with van der Waals surface area (Å²) in [6.45, 7) is 0. The molecule has 0 nitrogen and oxygen atoms in total. The quantitative estimate of drug-likeness (QED) is 0.489. The van der Waals surface area contributed by atoms with Crippen molar-refractivity contribution in [1.29, 1.82) is 0 Å². The molecule has 1 saturated heterocycles. The van der Waals surface area contributed by atoms with E-state index < -0.39 is 0 Å². The van der Waals surface area contributed by atoms with Crippen LogP contribution in [0.25, 0.3) is 0 Å². The minimum absolute atomic E-state index is 0.329. The van der Waals surface area contributed by atoms with Crippen LogP contribution in [-0.2, 0) is 23.2 Å². The molecule has 0 saturated carbocycles. The molecule has 1 fully saturated rings. The predicted molar refractivity (Wildman–Crippen MR) is 18.8 cm³/mol. The SMILES string of the molecule is C1C[CH2][Zr][CH2]1. The van der Waals surface area contributed by atoms with Crippen LogP contribution < -0.4 is 0 Å². The van der Waals surface area contributed by atoms with Gasteiger partial charge in [-0.2, -0.15) is 0 Å². The molecule has 28 valence electrons. The van der Waals surface area contributed by atoms with Gasteiger partial charge >= 0.3 is 44.3 Å². The van der Waals surface area contributed by atoms with Gasteiger partial charge in [0.2, 0.25) is 0 Å². The third kappa shape index (κ3) is 1.17. The first kappa shape index (κ1) is 4.05. The van der Waals surface area contributed by atoms with E-state index in [1.807, 2.05) is 0 Å². The van der Waals surface area contributed by atoms with Crippen molar-refractivity contribution in [3.63, 3.8) is 0 Å². The third-order valence-electron chi connectivity index (χ3n) is 0.957. The Hall–Kier alpha value is 0.883. The maximum absolute atomic E-state index is 1.67. The number of hydrogen-bond donors (Lipinski definition) is 0. The molecule has 0 amide bonds. The normalized spacial score (nSPS) is 22.4. The van der Waals surface area contributed by atoms with Gasteiger partial charge in [0.05, 0.1) is 0 Å². The summed E-state index contributed by atoms with van der Waals surface area (Å²) in [5.74, 6) is 0. The molecule has 1 heterocycles. The van der Waals surface area contributed by atoms with Gasteiger partial charge in [0, 0.05) is 0 Å². The van der Waals surface area contributed by atoms with Crippen LogP contribution in [0.3, 0.4) is 0 Å². The molecular formula is C4H8Zr. The molecule has 1 heteroatoms. The van der Waals surface area contributed by atoms with Crippen molar-refractivity contribution in [3.05, 3.63) is 0 Å². The molecule has 0 atom stereocenters. The Kier molecular flexibility index (Phi) is 1.72. The van der Waals surface area contributed by atoms with E-state index in [4.69, 9.17) is 0 Å². The van der Waals surface area contributed by atoms with Crippen LogP contribution in [0.4, 0.5) is 0 Å².